The Morgan fingerprint density at radius 2 is 2.11 bits per heavy atom. The van der Waals surface area contributed by atoms with Crippen LogP contribution in [0.5, 0.6) is 5.75 Å². The van der Waals surface area contributed by atoms with Crippen LogP contribution in [0.3, 0.4) is 0 Å². The van der Waals surface area contributed by atoms with Gasteiger partial charge in [0, 0.05) is 0 Å². The summed E-state index contributed by atoms with van der Waals surface area (Å²) in [5.74, 6) is 1.68. The number of hydrogen-bond acceptors (Lipinski definition) is 2. The van der Waals surface area contributed by atoms with Crippen LogP contribution in [0.25, 0.3) is 0 Å². The Balaban J connectivity index is 2.45. The summed E-state index contributed by atoms with van der Waals surface area (Å²) in [6, 6.07) is 8.41. The highest BCUT2D eigenvalue weighted by atomic mass is 16.5. The molecule has 2 nitrogen and oxygen atoms in total. The molecule has 0 saturated heterocycles. The summed E-state index contributed by atoms with van der Waals surface area (Å²) in [4.78, 5) is 0. The van der Waals surface area contributed by atoms with Crippen LogP contribution < -0.4 is 10.5 Å². The van der Waals surface area contributed by atoms with Crippen molar-refractivity contribution in [2.75, 3.05) is 13.2 Å². The first-order chi connectivity index (χ1) is 8.80. The summed E-state index contributed by atoms with van der Waals surface area (Å²) < 4.78 is 5.90. The van der Waals surface area contributed by atoms with Crippen LogP contribution in [-0.2, 0) is 6.42 Å². The molecule has 0 spiro atoms. The molecule has 0 saturated carbocycles. The van der Waals surface area contributed by atoms with Gasteiger partial charge in [-0.1, -0.05) is 38.8 Å². The predicted octanol–water partition coefficient (Wildman–Crippen LogP) is 3.78. The van der Waals surface area contributed by atoms with Crippen LogP contribution in [0, 0.1) is 5.92 Å². The van der Waals surface area contributed by atoms with Crippen LogP contribution in [-0.4, -0.2) is 13.2 Å². The molecule has 0 bridgehead atoms. The molecular formula is C16H27NO. The topological polar surface area (TPSA) is 35.2 Å². The van der Waals surface area contributed by atoms with Crippen molar-refractivity contribution in [2.24, 2.45) is 11.7 Å². The van der Waals surface area contributed by atoms with Crippen molar-refractivity contribution in [2.45, 2.75) is 46.0 Å². The van der Waals surface area contributed by atoms with Crippen molar-refractivity contribution in [1.82, 2.24) is 0 Å². The Morgan fingerprint density at radius 1 is 1.28 bits per heavy atom. The zero-order valence-corrected chi connectivity index (χ0v) is 11.8. The molecule has 0 fully saturated rings. The van der Waals surface area contributed by atoms with E-state index in [1.165, 1.54) is 24.8 Å². The summed E-state index contributed by atoms with van der Waals surface area (Å²) >= 11 is 0. The van der Waals surface area contributed by atoms with E-state index in [2.05, 4.69) is 32.0 Å². The SMILES string of the molecule is CCCC(CC)COc1cccc(CCCN)c1. The molecule has 1 unspecified atom stereocenters. The lowest BCUT2D eigenvalue weighted by Gasteiger charge is -2.15. The summed E-state index contributed by atoms with van der Waals surface area (Å²) in [7, 11) is 0. The van der Waals surface area contributed by atoms with Crippen molar-refractivity contribution < 1.29 is 4.74 Å². The molecule has 1 atom stereocenters. The average Bonchev–Trinajstić information content (AvgIpc) is 2.41. The van der Waals surface area contributed by atoms with Crippen molar-refractivity contribution >= 4 is 0 Å². The second-order valence-electron chi connectivity index (χ2n) is 4.91. The fourth-order valence-electron chi connectivity index (χ4n) is 2.12. The number of rotatable bonds is 9. The molecule has 2 N–H and O–H groups in total. The highest BCUT2D eigenvalue weighted by Crippen LogP contribution is 2.18. The van der Waals surface area contributed by atoms with Gasteiger partial charge in [0.1, 0.15) is 5.75 Å². The second-order valence-corrected chi connectivity index (χ2v) is 4.91. The minimum absolute atomic E-state index is 0.683. The third-order valence-electron chi connectivity index (χ3n) is 3.33. The molecule has 0 radical (unpaired) electrons. The van der Waals surface area contributed by atoms with Gasteiger partial charge in [-0.3, -0.25) is 0 Å². The number of ether oxygens (including phenoxy) is 1. The highest BCUT2D eigenvalue weighted by molar-refractivity contribution is 5.28. The minimum Gasteiger partial charge on any atom is -0.493 e. The van der Waals surface area contributed by atoms with Gasteiger partial charge in [-0.15, -0.1) is 0 Å². The summed E-state index contributed by atoms with van der Waals surface area (Å²) in [6.45, 7) is 6.06. The van der Waals surface area contributed by atoms with Gasteiger partial charge in [0.05, 0.1) is 6.61 Å². The van der Waals surface area contributed by atoms with Crippen LogP contribution in [0.1, 0.15) is 45.1 Å². The van der Waals surface area contributed by atoms with Crippen LogP contribution in [0.15, 0.2) is 24.3 Å². The number of nitrogens with two attached hydrogens (primary N) is 1. The van der Waals surface area contributed by atoms with Gasteiger partial charge in [-0.25, -0.2) is 0 Å². The molecule has 0 aromatic heterocycles. The molecule has 1 aromatic carbocycles. The lowest BCUT2D eigenvalue weighted by Crippen LogP contribution is -2.11. The van der Waals surface area contributed by atoms with Gasteiger partial charge in [0.15, 0.2) is 0 Å². The van der Waals surface area contributed by atoms with Gasteiger partial charge in [-0.2, -0.15) is 0 Å². The maximum absolute atomic E-state index is 5.90. The number of aryl methyl sites for hydroxylation is 1. The minimum atomic E-state index is 0.683. The standard InChI is InChI=1S/C16H27NO/c1-3-7-14(4-2)13-18-16-10-5-8-15(12-16)9-6-11-17/h5,8,10,12,14H,3-4,6-7,9,11,13,17H2,1-2H3. The fraction of sp³-hybridized carbons (Fsp3) is 0.625. The molecule has 18 heavy (non-hydrogen) atoms. The Bertz CT molecular complexity index is 325. The largest absolute Gasteiger partial charge is 0.493 e. The van der Waals surface area contributed by atoms with Crippen molar-refractivity contribution in [1.29, 1.82) is 0 Å². The van der Waals surface area contributed by atoms with Crippen molar-refractivity contribution in [3.63, 3.8) is 0 Å². The van der Waals surface area contributed by atoms with E-state index in [1.54, 1.807) is 0 Å². The molecule has 1 aromatic rings. The van der Waals surface area contributed by atoms with E-state index >= 15 is 0 Å². The summed E-state index contributed by atoms with van der Waals surface area (Å²) in [5, 5.41) is 0. The maximum atomic E-state index is 5.90. The summed E-state index contributed by atoms with van der Waals surface area (Å²) in [6.07, 6.45) is 5.76. The first-order valence-electron chi connectivity index (χ1n) is 7.21. The van der Waals surface area contributed by atoms with Crippen LogP contribution in [0.4, 0.5) is 0 Å². The maximum Gasteiger partial charge on any atom is 0.119 e. The second kappa shape index (κ2) is 8.98. The lowest BCUT2D eigenvalue weighted by atomic mass is 10.0. The van der Waals surface area contributed by atoms with Gasteiger partial charge < -0.3 is 10.5 Å². The quantitative estimate of drug-likeness (QED) is 0.723. The molecule has 102 valence electrons. The molecule has 2 heteroatoms. The monoisotopic (exact) mass is 249 g/mol. The molecular weight excluding hydrogens is 222 g/mol. The fourth-order valence-corrected chi connectivity index (χ4v) is 2.12. The molecule has 0 heterocycles. The number of benzene rings is 1. The van der Waals surface area contributed by atoms with Gasteiger partial charge >= 0.3 is 0 Å². The van der Waals surface area contributed by atoms with Crippen molar-refractivity contribution in [3.8, 4) is 5.75 Å². The van der Waals surface area contributed by atoms with Gasteiger partial charge in [0.2, 0.25) is 0 Å². The van der Waals surface area contributed by atoms with Crippen molar-refractivity contribution in [3.05, 3.63) is 29.8 Å². The zero-order chi connectivity index (χ0) is 13.2. The molecule has 0 aliphatic rings. The molecule has 0 aliphatic carbocycles. The Hall–Kier alpha value is -1.02. The van der Waals surface area contributed by atoms with Crippen LogP contribution >= 0.6 is 0 Å². The third-order valence-corrected chi connectivity index (χ3v) is 3.33. The molecule has 0 amide bonds. The summed E-state index contributed by atoms with van der Waals surface area (Å²) in [5.41, 5.74) is 6.85. The lowest BCUT2D eigenvalue weighted by molar-refractivity contribution is 0.235. The first-order valence-corrected chi connectivity index (χ1v) is 7.21. The zero-order valence-electron chi connectivity index (χ0n) is 11.8. The van der Waals surface area contributed by atoms with E-state index in [0.29, 0.717) is 5.92 Å². The van der Waals surface area contributed by atoms with Gasteiger partial charge in [0.25, 0.3) is 0 Å². The predicted molar refractivity (Wildman–Crippen MR) is 78.0 cm³/mol. The van der Waals surface area contributed by atoms with Gasteiger partial charge in [-0.05, 0) is 49.4 Å². The highest BCUT2D eigenvalue weighted by Gasteiger charge is 2.06. The van der Waals surface area contributed by atoms with Crippen LogP contribution in [0.2, 0.25) is 0 Å². The smallest absolute Gasteiger partial charge is 0.119 e. The molecule has 0 aliphatic heterocycles. The third kappa shape index (κ3) is 5.54. The number of hydrogen-bond donors (Lipinski definition) is 1. The normalized spacial score (nSPS) is 12.4. The first kappa shape index (κ1) is 15.0. The Labute approximate surface area is 112 Å². The Kier molecular flexibility index (Phi) is 7.51. The van der Waals surface area contributed by atoms with E-state index < -0.39 is 0 Å². The van der Waals surface area contributed by atoms with E-state index in [4.69, 9.17) is 10.5 Å². The van der Waals surface area contributed by atoms with E-state index in [-0.39, 0.29) is 0 Å². The molecule has 1 rings (SSSR count). The van der Waals surface area contributed by atoms with E-state index in [9.17, 15) is 0 Å². The Morgan fingerprint density at radius 3 is 2.78 bits per heavy atom. The van der Waals surface area contributed by atoms with E-state index in [1.807, 2.05) is 6.07 Å². The van der Waals surface area contributed by atoms with E-state index in [0.717, 1.165) is 31.7 Å². The average molecular weight is 249 g/mol.